The average molecular weight is 1280 g/mol. The van der Waals surface area contributed by atoms with Crippen LogP contribution in [0.25, 0.3) is 66.4 Å². The Bertz CT molecular complexity index is 3830. The number of H-pyrrole nitrogens is 2. The number of carbonyl (C=O) groups excluding carboxylic acids is 5. The van der Waals surface area contributed by atoms with E-state index >= 15 is 0 Å². The maximum atomic E-state index is 14.4. The maximum absolute atomic E-state index is 14.4. The highest BCUT2D eigenvalue weighted by Gasteiger charge is 2.22. The molecule has 0 bridgehead atoms. The van der Waals surface area contributed by atoms with Crippen molar-refractivity contribution < 1.29 is 57.5 Å². The van der Waals surface area contributed by atoms with Crippen LogP contribution in [0, 0.1) is 0 Å². The van der Waals surface area contributed by atoms with E-state index in [9.17, 15) is 29.1 Å². The second kappa shape index (κ2) is 34.8. The van der Waals surface area contributed by atoms with E-state index < -0.39 is 0 Å². The summed E-state index contributed by atoms with van der Waals surface area (Å²) in [6, 6.07) is 43.8. The molecule has 8 N–H and O–H groups in total. The molecule has 3 heterocycles. The predicted molar refractivity (Wildman–Crippen MR) is 360 cm³/mol. The van der Waals surface area contributed by atoms with Crippen LogP contribution in [0.2, 0.25) is 0 Å². The van der Waals surface area contributed by atoms with Gasteiger partial charge in [0, 0.05) is 108 Å². The van der Waals surface area contributed by atoms with Gasteiger partial charge >= 0.3 is 0 Å². The van der Waals surface area contributed by atoms with Crippen molar-refractivity contribution in [3.05, 3.63) is 145 Å². The lowest BCUT2D eigenvalue weighted by Gasteiger charge is -2.34. The number of likely N-dealkylation sites (N-methyl/N-ethyl adjacent to an activating group) is 1. The molecule has 0 aliphatic carbocycles. The van der Waals surface area contributed by atoms with Crippen molar-refractivity contribution in [3.63, 3.8) is 0 Å². The third-order valence-electron chi connectivity index (χ3n) is 15.8. The summed E-state index contributed by atoms with van der Waals surface area (Å²) in [6.07, 6.45) is 0.263. The van der Waals surface area contributed by atoms with Crippen molar-refractivity contribution >= 4 is 78.8 Å². The summed E-state index contributed by atoms with van der Waals surface area (Å²) in [4.78, 5) is 88.6. The van der Waals surface area contributed by atoms with Crippen molar-refractivity contribution in [2.45, 2.75) is 12.8 Å². The van der Waals surface area contributed by atoms with E-state index in [-0.39, 0.29) is 94.2 Å². The molecule has 0 spiro atoms. The fourth-order valence-electron chi connectivity index (χ4n) is 10.6. The summed E-state index contributed by atoms with van der Waals surface area (Å²) in [6.45, 7) is 7.75. The molecule has 7 aromatic carbocycles. The second-order valence-electron chi connectivity index (χ2n) is 22.7. The zero-order valence-electron chi connectivity index (χ0n) is 52.9. The number of aromatic hydroxyl groups is 1. The number of phenols is 1. The summed E-state index contributed by atoms with van der Waals surface area (Å²) in [5.41, 5.74) is 5.71. The van der Waals surface area contributed by atoms with Crippen LogP contribution in [0.5, 0.6) is 17.2 Å². The Labute approximate surface area is 544 Å². The Balaban J connectivity index is 0.667. The number of amides is 5. The molecule has 1 saturated heterocycles. The highest BCUT2D eigenvalue weighted by molar-refractivity contribution is 6.07. The van der Waals surface area contributed by atoms with E-state index in [2.05, 4.69) is 53.4 Å². The minimum atomic E-state index is -0.316. The first-order valence-electron chi connectivity index (χ1n) is 31.8. The van der Waals surface area contributed by atoms with E-state index in [1.54, 1.807) is 24.3 Å². The van der Waals surface area contributed by atoms with Gasteiger partial charge in [-0.2, -0.15) is 0 Å². The minimum absolute atomic E-state index is 0.111. The first kappa shape index (κ1) is 67.2. The zero-order chi connectivity index (χ0) is 65.3. The van der Waals surface area contributed by atoms with E-state index in [0.29, 0.717) is 112 Å². The van der Waals surface area contributed by atoms with Crippen molar-refractivity contribution in [1.29, 1.82) is 0 Å². The summed E-state index contributed by atoms with van der Waals surface area (Å²) >= 11 is 0. The number of piperazine rings is 1. The van der Waals surface area contributed by atoms with Gasteiger partial charge in [0.2, 0.25) is 11.8 Å². The molecule has 5 amide bonds. The SMILES string of the molecule is CN1CCN(c2cc(C(=O)NCCN(CCC(=O)NCCOCCOCCNC(=O)COc3ccc4ccccc4c3)CCC(=O)NCCOCCOCCNC(=O)COc3ccc4ccccc4c3)c3nc(-c4ccc5nc(-c6ccc(O)cc6)[nH]c5c4)[nH]c3c2)CC1. The summed E-state index contributed by atoms with van der Waals surface area (Å²) < 4.78 is 33.9. The first-order chi connectivity index (χ1) is 46.0. The van der Waals surface area contributed by atoms with E-state index in [0.717, 1.165) is 75.6 Å². The lowest BCUT2D eigenvalue weighted by atomic mass is 10.1. The molecular formula is C70H82N12O12. The van der Waals surface area contributed by atoms with Crippen LogP contribution in [0.3, 0.4) is 0 Å². The Kier molecular flexibility index (Phi) is 24.9. The summed E-state index contributed by atoms with van der Waals surface area (Å²) in [5.74, 6) is 1.42. The zero-order valence-corrected chi connectivity index (χ0v) is 52.9. The summed E-state index contributed by atoms with van der Waals surface area (Å²) in [5, 5.41) is 28.6. The van der Waals surface area contributed by atoms with Gasteiger partial charge in [0.15, 0.2) is 13.2 Å². The van der Waals surface area contributed by atoms with Crippen LogP contribution in [0.1, 0.15) is 23.2 Å². The van der Waals surface area contributed by atoms with Gasteiger partial charge < -0.3 is 84.8 Å². The lowest BCUT2D eigenvalue weighted by Crippen LogP contribution is -2.44. The number of fused-ring (bicyclic) bond motifs is 4. The molecule has 494 valence electrons. The molecule has 0 unspecified atom stereocenters. The number of phenolic OH excluding ortho intramolecular Hbond substituents is 1. The van der Waals surface area contributed by atoms with Crippen LogP contribution in [0.15, 0.2) is 140 Å². The molecule has 0 radical (unpaired) electrons. The number of hydrogen-bond acceptors (Lipinski definition) is 17. The minimum Gasteiger partial charge on any atom is -0.508 e. The largest absolute Gasteiger partial charge is 0.508 e. The van der Waals surface area contributed by atoms with Crippen molar-refractivity contribution in [1.82, 2.24) is 56.3 Å². The topological polar surface area (TPSA) is 288 Å². The van der Waals surface area contributed by atoms with Gasteiger partial charge in [0.1, 0.15) is 34.4 Å². The van der Waals surface area contributed by atoms with E-state index in [4.69, 9.17) is 38.4 Å². The number of ether oxygens (including phenoxy) is 6. The Morgan fingerprint density at radius 3 is 1.54 bits per heavy atom. The molecular weight excluding hydrogens is 1200 g/mol. The van der Waals surface area contributed by atoms with Crippen LogP contribution in [-0.4, -0.2) is 216 Å². The van der Waals surface area contributed by atoms with Crippen molar-refractivity contribution in [2.75, 3.05) is 157 Å². The third-order valence-corrected chi connectivity index (χ3v) is 15.8. The number of aromatic amines is 2. The van der Waals surface area contributed by atoms with Gasteiger partial charge in [-0.05, 0) is 107 Å². The number of benzene rings is 7. The number of anilines is 1. The first-order valence-corrected chi connectivity index (χ1v) is 31.8. The fraction of sp³-hybridized carbons (Fsp3) is 0.357. The molecule has 0 saturated carbocycles. The van der Waals surface area contributed by atoms with E-state index in [1.807, 2.05) is 120 Å². The second-order valence-corrected chi connectivity index (χ2v) is 22.7. The third kappa shape index (κ3) is 20.4. The molecule has 24 heteroatoms. The van der Waals surface area contributed by atoms with Gasteiger partial charge in [0.05, 0.1) is 75.0 Å². The van der Waals surface area contributed by atoms with Crippen molar-refractivity contribution in [3.8, 4) is 40.0 Å². The number of aromatic nitrogens is 4. The van der Waals surface area contributed by atoms with E-state index in [1.165, 1.54) is 0 Å². The standard InChI is InChI=1S/C70H82N12O12/c1-80-30-32-82(33-31-80)55-45-59(67-62(46-55)78-69(79-67)54-14-19-60-61(44-54)77-68(76-60)51-10-15-56(83)16-11-51)70(88)75-22-29-81(27-20-63(84)71-23-34-89-38-40-91-36-25-73-65(86)47-93-57-17-12-49-6-2-4-8-52(49)42-57)28-21-64(85)72-24-35-90-39-41-92-37-26-74-66(87)48-94-58-18-13-50-7-3-5-9-53(50)43-58/h2-19,42-46,83H,20-41,47-48H2,1H3,(H,71,84)(H,72,85)(H,73,86)(H,74,87)(H,75,88)(H,76,77)(H,78,79). The highest BCUT2D eigenvalue weighted by atomic mass is 16.5. The van der Waals surface area contributed by atoms with Gasteiger partial charge in [-0.25, -0.2) is 9.97 Å². The number of hydrogen-bond donors (Lipinski definition) is 8. The molecule has 1 fully saturated rings. The average Bonchev–Trinajstić information content (AvgIpc) is 1.61. The molecule has 2 aromatic heterocycles. The van der Waals surface area contributed by atoms with Crippen LogP contribution < -0.4 is 41.0 Å². The highest BCUT2D eigenvalue weighted by Crippen LogP contribution is 2.31. The summed E-state index contributed by atoms with van der Waals surface area (Å²) in [7, 11) is 2.10. The fourth-order valence-corrected chi connectivity index (χ4v) is 10.6. The van der Waals surface area contributed by atoms with Gasteiger partial charge in [0.25, 0.3) is 17.7 Å². The number of nitrogens with one attached hydrogen (secondary N) is 7. The Morgan fingerprint density at radius 2 is 0.989 bits per heavy atom. The normalized spacial score (nSPS) is 12.6. The van der Waals surface area contributed by atoms with Crippen LogP contribution >= 0.6 is 0 Å². The molecule has 10 rings (SSSR count). The smallest absolute Gasteiger partial charge is 0.258 e. The number of carbonyl (C=O) groups is 5. The van der Waals surface area contributed by atoms with Gasteiger partial charge in [-0.3, -0.25) is 24.0 Å². The quantitative estimate of drug-likeness (QED) is 0.0206. The van der Waals surface area contributed by atoms with Crippen LogP contribution in [-0.2, 0) is 38.1 Å². The van der Waals surface area contributed by atoms with Gasteiger partial charge in [-0.15, -0.1) is 0 Å². The molecule has 94 heavy (non-hydrogen) atoms. The monoisotopic (exact) mass is 1280 g/mol. The molecule has 9 aromatic rings. The van der Waals surface area contributed by atoms with Crippen molar-refractivity contribution in [2.24, 2.45) is 0 Å². The Hall–Kier alpha value is -9.69. The lowest BCUT2D eigenvalue weighted by molar-refractivity contribution is -0.124. The van der Waals surface area contributed by atoms with Gasteiger partial charge in [-0.1, -0.05) is 60.7 Å². The number of rotatable bonds is 37. The number of imidazole rings is 2. The maximum Gasteiger partial charge on any atom is 0.258 e. The Morgan fingerprint density at radius 1 is 0.489 bits per heavy atom. The molecule has 24 nitrogen and oxygen atoms in total. The molecule has 1 aliphatic rings. The number of nitrogens with zero attached hydrogens (tertiary/aromatic N) is 5. The molecule has 1 aliphatic heterocycles. The van der Waals surface area contributed by atoms with Crippen LogP contribution in [0.4, 0.5) is 5.69 Å². The predicted octanol–water partition coefficient (Wildman–Crippen LogP) is 6.04. The molecule has 0 atom stereocenters.